The van der Waals surface area contributed by atoms with Crippen molar-refractivity contribution in [2.75, 3.05) is 24.5 Å². The first-order valence-electron chi connectivity index (χ1n) is 7.67. The summed E-state index contributed by atoms with van der Waals surface area (Å²) in [5, 5.41) is 3.25. The number of hydrogen-bond donors (Lipinski definition) is 1. The van der Waals surface area contributed by atoms with E-state index in [0.717, 1.165) is 37.4 Å². The van der Waals surface area contributed by atoms with E-state index in [1.165, 1.54) is 0 Å². The Labute approximate surface area is 123 Å². The van der Waals surface area contributed by atoms with Crippen LogP contribution in [0.1, 0.15) is 40.2 Å². The van der Waals surface area contributed by atoms with Crippen LogP contribution in [0.2, 0.25) is 0 Å². The first-order chi connectivity index (χ1) is 9.42. The summed E-state index contributed by atoms with van der Waals surface area (Å²) in [7, 11) is 0. The standard InChI is InChI=1S/C17H29FN2/c1-6-19-10-15-7-16(18)9-17(8-15)20(11-13(2)3)12-14(4)5/h7-9,13-14,19H,6,10-12H2,1-5H3. The molecule has 0 radical (unpaired) electrons. The minimum absolute atomic E-state index is 0.145. The molecule has 1 aromatic rings. The molecule has 20 heavy (non-hydrogen) atoms. The average Bonchev–Trinajstić information content (AvgIpc) is 2.33. The fraction of sp³-hybridized carbons (Fsp3) is 0.647. The summed E-state index contributed by atoms with van der Waals surface area (Å²) in [6, 6.07) is 5.38. The predicted molar refractivity (Wildman–Crippen MR) is 85.7 cm³/mol. The quantitative estimate of drug-likeness (QED) is 0.772. The zero-order valence-corrected chi connectivity index (χ0v) is 13.5. The highest BCUT2D eigenvalue weighted by molar-refractivity contribution is 5.49. The lowest BCUT2D eigenvalue weighted by molar-refractivity contribution is 0.549. The summed E-state index contributed by atoms with van der Waals surface area (Å²) in [5.41, 5.74) is 2.01. The third-order valence-corrected chi connectivity index (χ3v) is 3.06. The van der Waals surface area contributed by atoms with Gasteiger partial charge in [0.25, 0.3) is 0 Å². The molecule has 1 aromatic carbocycles. The maximum Gasteiger partial charge on any atom is 0.125 e. The van der Waals surface area contributed by atoms with Crippen molar-refractivity contribution in [3.05, 3.63) is 29.6 Å². The molecule has 0 unspecified atom stereocenters. The zero-order chi connectivity index (χ0) is 15.1. The van der Waals surface area contributed by atoms with E-state index < -0.39 is 0 Å². The van der Waals surface area contributed by atoms with E-state index >= 15 is 0 Å². The highest BCUT2D eigenvalue weighted by Gasteiger charge is 2.12. The van der Waals surface area contributed by atoms with Gasteiger partial charge in [0.05, 0.1) is 0 Å². The smallest absolute Gasteiger partial charge is 0.125 e. The van der Waals surface area contributed by atoms with Crippen molar-refractivity contribution in [3.8, 4) is 0 Å². The Balaban J connectivity index is 2.95. The van der Waals surface area contributed by atoms with E-state index in [4.69, 9.17) is 0 Å². The Hall–Kier alpha value is -1.09. The van der Waals surface area contributed by atoms with E-state index in [-0.39, 0.29) is 5.82 Å². The summed E-state index contributed by atoms with van der Waals surface area (Å²) in [5.74, 6) is 0.983. The second-order valence-corrected chi connectivity index (χ2v) is 6.29. The summed E-state index contributed by atoms with van der Waals surface area (Å²) in [6.45, 7) is 14.4. The molecular weight excluding hydrogens is 251 g/mol. The molecule has 0 bridgehead atoms. The number of halogens is 1. The van der Waals surface area contributed by atoms with Gasteiger partial charge < -0.3 is 10.2 Å². The number of hydrogen-bond acceptors (Lipinski definition) is 2. The number of anilines is 1. The fourth-order valence-corrected chi connectivity index (χ4v) is 2.35. The summed E-state index contributed by atoms with van der Waals surface area (Å²) in [4.78, 5) is 2.30. The van der Waals surface area contributed by atoms with Crippen molar-refractivity contribution in [1.29, 1.82) is 0 Å². The van der Waals surface area contributed by atoms with Gasteiger partial charge in [-0.25, -0.2) is 4.39 Å². The lowest BCUT2D eigenvalue weighted by Gasteiger charge is -2.29. The molecule has 1 rings (SSSR count). The van der Waals surface area contributed by atoms with Crippen molar-refractivity contribution >= 4 is 5.69 Å². The van der Waals surface area contributed by atoms with Gasteiger partial charge in [0.2, 0.25) is 0 Å². The second-order valence-electron chi connectivity index (χ2n) is 6.29. The first kappa shape index (κ1) is 17.0. The molecule has 0 aliphatic carbocycles. The Bertz CT molecular complexity index is 392. The van der Waals surface area contributed by atoms with Gasteiger partial charge >= 0.3 is 0 Å². The van der Waals surface area contributed by atoms with Crippen LogP contribution in [-0.2, 0) is 6.54 Å². The Morgan fingerprint density at radius 1 is 1.05 bits per heavy atom. The predicted octanol–water partition coefficient (Wildman–Crippen LogP) is 4.05. The number of nitrogens with zero attached hydrogens (tertiary/aromatic N) is 1. The van der Waals surface area contributed by atoms with Gasteiger partial charge in [-0.3, -0.25) is 0 Å². The second kappa shape index (κ2) is 8.25. The molecule has 0 aliphatic heterocycles. The van der Waals surface area contributed by atoms with Crippen molar-refractivity contribution in [1.82, 2.24) is 5.32 Å². The van der Waals surface area contributed by atoms with Gasteiger partial charge in [-0.05, 0) is 42.1 Å². The third kappa shape index (κ3) is 5.91. The number of rotatable bonds is 8. The molecule has 0 heterocycles. The van der Waals surface area contributed by atoms with Crippen LogP contribution in [0.25, 0.3) is 0 Å². The van der Waals surface area contributed by atoms with Gasteiger partial charge in [-0.15, -0.1) is 0 Å². The topological polar surface area (TPSA) is 15.3 Å². The molecule has 3 heteroatoms. The summed E-state index contributed by atoms with van der Waals surface area (Å²) < 4.78 is 13.8. The minimum Gasteiger partial charge on any atom is -0.371 e. The molecule has 0 spiro atoms. The van der Waals surface area contributed by atoms with Crippen LogP contribution in [-0.4, -0.2) is 19.6 Å². The molecule has 0 aromatic heterocycles. The van der Waals surface area contributed by atoms with Gasteiger partial charge in [0, 0.05) is 25.3 Å². The Kier molecular flexibility index (Phi) is 7.00. The molecule has 0 saturated carbocycles. The Morgan fingerprint density at radius 3 is 2.15 bits per heavy atom. The van der Waals surface area contributed by atoms with Crippen LogP contribution >= 0.6 is 0 Å². The number of benzene rings is 1. The molecule has 0 aliphatic rings. The molecule has 2 nitrogen and oxygen atoms in total. The first-order valence-corrected chi connectivity index (χ1v) is 7.67. The molecule has 0 saturated heterocycles. The fourth-order valence-electron chi connectivity index (χ4n) is 2.35. The van der Waals surface area contributed by atoms with E-state index in [0.29, 0.717) is 11.8 Å². The summed E-state index contributed by atoms with van der Waals surface area (Å²) in [6.07, 6.45) is 0. The van der Waals surface area contributed by atoms with E-state index in [9.17, 15) is 4.39 Å². The van der Waals surface area contributed by atoms with Gasteiger partial charge in [0.15, 0.2) is 0 Å². The van der Waals surface area contributed by atoms with E-state index in [2.05, 4.69) is 50.9 Å². The van der Waals surface area contributed by atoms with Crippen LogP contribution in [0, 0.1) is 17.7 Å². The highest BCUT2D eigenvalue weighted by atomic mass is 19.1. The van der Waals surface area contributed by atoms with Crippen LogP contribution in [0.15, 0.2) is 18.2 Å². The molecule has 1 N–H and O–H groups in total. The molecular formula is C17H29FN2. The van der Waals surface area contributed by atoms with E-state index in [1.807, 2.05) is 0 Å². The van der Waals surface area contributed by atoms with Crippen molar-refractivity contribution in [2.24, 2.45) is 11.8 Å². The summed E-state index contributed by atoms with van der Waals surface area (Å²) >= 11 is 0. The monoisotopic (exact) mass is 280 g/mol. The zero-order valence-electron chi connectivity index (χ0n) is 13.5. The van der Waals surface area contributed by atoms with Gasteiger partial charge in [0.1, 0.15) is 5.82 Å². The van der Waals surface area contributed by atoms with Gasteiger partial charge in [-0.1, -0.05) is 34.6 Å². The number of nitrogens with one attached hydrogen (secondary N) is 1. The van der Waals surface area contributed by atoms with Crippen molar-refractivity contribution < 1.29 is 4.39 Å². The maximum atomic E-state index is 13.8. The largest absolute Gasteiger partial charge is 0.371 e. The highest BCUT2D eigenvalue weighted by Crippen LogP contribution is 2.21. The normalized spacial score (nSPS) is 11.4. The third-order valence-electron chi connectivity index (χ3n) is 3.06. The van der Waals surface area contributed by atoms with Crippen molar-refractivity contribution in [2.45, 2.75) is 41.2 Å². The average molecular weight is 280 g/mol. The lowest BCUT2D eigenvalue weighted by atomic mass is 10.1. The van der Waals surface area contributed by atoms with Crippen LogP contribution in [0.5, 0.6) is 0 Å². The van der Waals surface area contributed by atoms with Crippen LogP contribution in [0.4, 0.5) is 10.1 Å². The molecule has 0 amide bonds. The Morgan fingerprint density at radius 2 is 1.65 bits per heavy atom. The molecule has 0 fully saturated rings. The van der Waals surface area contributed by atoms with Crippen LogP contribution < -0.4 is 10.2 Å². The van der Waals surface area contributed by atoms with E-state index in [1.54, 1.807) is 12.1 Å². The maximum absolute atomic E-state index is 13.8. The van der Waals surface area contributed by atoms with Crippen LogP contribution in [0.3, 0.4) is 0 Å². The lowest BCUT2D eigenvalue weighted by Crippen LogP contribution is -2.31. The van der Waals surface area contributed by atoms with Crippen molar-refractivity contribution in [3.63, 3.8) is 0 Å². The molecule has 114 valence electrons. The van der Waals surface area contributed by atoms with Gasteiger partial charge in [-0.2, -0.15) is 0 Å². The minimum atomic E-state index is -0.145. The SMILES string of the molecule is CCNCc1cc(F)cc(N(CC(C)C)CC(C)C)c1. The molecule has 0 atom stereocenters.